The number of rotatable bonds is 11. The highest BCUT2D eigenvalue weighted by Gasteiger charge is 2.13. The van der Waals surface area contributed by atoms with Crippen LogP contribution in [0.3, 0.4) is 0 Å². The van der Waals surface area contributed by atoms with E-state index in [2.05, 4.69) is 26.5 Å². The number of halogens is 2. The maximum absolute atomic E-state index is 13.1. The van der Waals surface area contributed by atoms with Crippen LogP contribution in [0, 0.1) is 5.82 Å². The van der Waals surface area contributed by atoms with Crippen molar-refractivity contribution >= 4 is 28.1 Å². The van der Waals surface area contributed by atoms with Gasteiger partial charge in [-0.05, 0) is 83.4 Å². The molecule has 0 aliphatic heterocycles. The molecule has 9 heteroatoms. The van der Waals surface area contributed by atoms with Gasteiger partial charge in [-0.3, -0.25) is 4.79 Å². The Kier molecular flexibility index (Phi) is 9.48. The molecule has 0 bridgehead atoms. The van der Waals surface area contributed by atoms with Crippen LogP contribution in [0.1, 0.15) is 35.3 Å². The first kappa shape index (κ1) is 26.0. The van der Waals surface area contributed by atoms with Crippen LogP contribution >= 0.6 is 15.9 Å². The van der Waals surface area contributed by atoms with Crippen molar-refractivity contribution in [2.45, 2.75) is 20.5 Å². The first-order valence-corrected chi connectivity index (χ1v) is 11.7. The zero-order valence-electron chi connectivity index (χ0n) is 19.6. The van der Waals surface area contributed by atoms with Gasteiger partial charge in [-0.1, -0.05) is 12.1 Å². The lowest BCUT2D eigenvalue weighted by molar-refractivity contribution is 0.0954. The Morgan fingerprint density at radius 3 is 2.37 bits per heavy atom. The second-order valence-electron chi connectivity index (χ2n) is 7.18. The summed E-state index contributed by atoms with van der Waals surface area (Å²) in [6, 6.07) is 14.5. The summed E-state index contributed by atoms with van der Waals surface area (Å²) in [5.74, 6) is 1.35. The van der Waals surface area contributed by atoms with Crippen LogP contribution < -0.4 is 24.4 Å². The number of amides is 1. The Morgan fingerprint density at radius 2 is 1.69 bits per heavy atom. The molecule has 0 heterocycles. The predicted octanol–water partition coefficient (Wildman–Crippen LogP) is 5.74. The number of hydrogen-bond acceptors (Lipinski definition) is 6. The molecule has 184 valence electrons. The van der Waals surface area contributed by atoms with E-state index in [1.165, 1.54) is 25.5 Å². The summed E-state index contributed by atoms with van der Waals surface area (Å²) in [5.41, 5.74) is 4.38. The molecule has 0 radical (unpaired) electrons. The highest BCUT2D eigenvalue weighted by Crippen LogP contribution is 2.37. The van der Waals surface area contributed by atoms with Crippen LogP contribution in [0.4, 0.5) is 4.39 Å². The zero-order chi connectivity index (χ0) is 25.2. The lowest BCUT2D eigenvalue weighted by Crippen LogP contribution is -2.17. The van der Waals surface area contributed by atoms with Crippen molar-refractivity contribution in [3.05, 3.63) is 81.6 Å². The number of methoxy groups -OCH3 is 1. The third-order valence-corrected chi connectivity index (χ3v) is 5.32. The number of hydrazone groups is 1. The van der Waals surface area contributed by atoms with E-state index in [-0.39, 0.29) is 12.4 Å². The highest BCUT2D eigenvalue weighted by atomic mass is 79.9. The number of hydrogen-bond donors (Lipinski definition) is 1. The molecule has 1 N–H and O–H groups in total. The first-order chi connectivity index (χ1) is 16.9. The number of carbonyl (C=O) groups excluding carboxylic acids is 1. The van der Waals surface area contributed by atoms with Crippen LogP contribution in [-0.4, -0.2) is 32.4 Å². The van der Waals surface area contributed by atoms with Crippen molar-refractivity contribution in [3.63, 3.8) is 0 Å². The molecule has 3 aromatic rings. The van der Waals surface area contributed by atoms with Gasteiger partial charge in [0.15, 0.2) is 23.0 Å². The van der Waals surface area contributed by atoms with E-state index in [1.807, 2.05) is 13.8 Å². The fraction of sp³-hybridized carbons (Fsp3) is 0.231. The Labute approximate surface area is 212 Å². The normalized spacial score (nSPS) is 10.8. The molecule has 0 aromatic heterocycles. The van der Waals surface area contributed by atoms with Gasteiger partial charge in [-0.2, -0.15) is 5.10 Å². The molecule has 0 aliphatic rings. The average Bonchev–Trinajstić information content (AvgIpc) is 2.85. The van der Waals surface area contributed by atoms with Crippen LogP contribution in [0.5, 0.6) is 23.0 Å². The fourth-order valence-corrected chi connectivity index (χ4v) is 3.69. The van der Waals surface area contributed by atoms with E-state index >= 15 is 0 Å². The molecule has 0 aliphatic carbocycles. The third kappa shape index (κ3) is 7.19. The van der Waals surface area contributed by atoms with Crippen molar-refractivity contribution in [3.8, 4) is 23.0 Å². The van der Waals surface area contributed by atoms with Crippen LogP contribution in [0.25, 0.3) is 0 Å². The predicted molar refractivity (Wildman–Crippen MR) is 135 cm³/mol. The summed E-state index contributed by atoms with van der Waals surface area (Å²) in [4.78, 5) is 12.5. The average molecular weight is 545 g/mol. The van der Waals surface area contributed by atoms with E-state index in [9.17, 15) is 9.18 Å². The molecule has 35 heavy (non-hydrogen) atoms. The van der Waals surface area contributed by atoms with Crippen molar-refractivity contribution < 1.29 is 28.1 Å². The Balaban J connectivity index is 1.68. The van der Waals surface area contributed by atoms with Gasteiger partial charge in [0.05, 0.1) is 31.0 Å². The van der Waals surface area contributed by atoms with Gasteiger partial charge in [0.1, 0.15) is 12.4 Å². The number of nitrogens with one attached hydrogen (secondary N) is 1. The standard InChI is InChI=1S/C26H26BrFN2O5/c1-4-33-22-11-8-19(14-23(22)34-5-2)26(31)30-29-15-18-12-21(27)25(24(13-18)32-3)35-16-17-6-9-20(28)10-7-17/h6-15H,4-5,16H2,1-3H3,(H,30,31)/b29-15+. The summed E-state index contributed by atoms with van der Waals surface area (Å²) in [6.07, 6.45) is 1.49. The molecule has 1 amide bonds. The Bertz CT molecular complexity index is 1190. The molecule has 0 unspecified atom stereocenters. The lowest BCUT2D eigenvalue weighted by Gasteiger charge is -2.13. The highest BCUT2D eigenvalue weighted by molar-refractivity contribution is 9.10. The maximum atomic E-state index is 13.1. The van der Waals surface area contributed by atoms with Gasteiger partial charge in [0.2, 0.25) is 0 Å². The number of benzene rings is 3. The van der Waals surface area contributed by atoms with Crippen LogP contribution in [-0.2, 0) is 6.61 Å². The molecule has 0 fully saturated rings. The fourth-order valence-electron chi connectivity index (χ4n) is 3.11. The molecule has 0 spiro atoms. The van der Waals surface area contributed by atoms with E-state index in [0.717, 1.165) is 5.56 Å². The van der Waals surface area contributed by atoms with Crippen molar-refractivity contribution in [2.75, 3.05) is 20.3 Å². The first-order valence-electron chi connectivity index (χ1n) is 10.9. The Morgan fingerprint density at radius 1 is 0.971 bits per heavy atom. The minimum absolute atomic E-state index is 0.241. The van der Waals surface area contributed by atoms with Crippen molar-refractivity contribution in [1.82, 2.24) is 5.43 Å². The molecular formula is C26H26BrFN2O5. The zero-order valence-corrected chi connectivity index (χ0v) is 21.2. The number of carbonyl (C=O) groups is 1. The minimum Gasteiger partial charge on any atom is -0.493 e. The molecule has 0 atom stereocenters. The van der Waals surface area contributed by atoms with Crippen LogP contribution in [0.2, 0.25) is 0 Å². The van der Waals surface area contributed by atoms with Crippen molar-refractivity contribution in [2.24, 2.45) is 5.10 Å². The summed E-state index contributed by atoms with van der Waals surface area (Å²) in [5, 5.41) is 4.05. The minimum atomic E-state index is -0.393. The largest absolute Gasteiger partial charge is 0.493 e. The van der Waals surface area contributed by atoms with E-state index in [0.29, 0.717) is 51.8 Å². The Hall–Kier alpha value is -3.59. The molecule has 0 saturated carbocycles. The van der Waals surface area contributed by atoms with Crippen molar-refractivity contribution in [1.29, 1.82) is 0 Å². The van der Waals surface area contributed by atoms with Gasteiger partial charge in [-0.25, -0.2) is 9.82 Å². The topological polar surface area (TPSA) is 78.4 Å². The molecule has 0 saturated heterocycles. The third-order valence-electron chi connectivity index (χ3n) is 4.73. The smallest absolute Gasteiger partial charge is 0.271 e. The summed E-state index contributed by atoms with van der Waals surface area (Å²) >= 11 is 3.48. The molecule has 3 aromatic carbocycles. The van der Waals surface area contributed by atoms with Crippen LogP contribution in [0.15, 0.2) is 64.2 Å². The van der Waals surface area contributed by atoms with Gasteiger partial charge < -0.3 is 18.9 Å². The number of nitrogens with zero attached hydrogens (tertiary/aromatic N) is 1. The summed E-state index contributed by atoms with van der Waals surface area (Å²) in [7, 11) is 1.52. The second-order valence-corrected chi connectivity index (χ2v) is 8.03. The molecule has 7 nitrogen and oxygen atoms in total. The van der Waals surface area contributed by atoms with Gasteiger partial charge in [-0.15, -0.1) is 0 Å². The summed E-state index contributed by atoms with van der Waals surface area (Å²) < 4.78 is 36.1. The monoisotopic (exact) mass is 544 g/mol. The lowest BCUT2D eigenvalue weighted by atomic mass is 10.2. The molecular weight excluding hydrogens is 519 g/mol. The summed E-state index contributed by atoms with van der Waals surface area (Å²) in [6.45, 7) is 4.92. The molecule has 3 rings (SSSR count). The van der Waals surface area contributed by atoms with Gasteiger partial charge in [0.25, 0.3) is 5.91 Å². The van der Waals surface area contributed by atoms with Gasteiger partial charge >= 0.3 is 0 Å². The maximum Gasteiger partial charge on any atom is 0.271 e. The quantitative estimate of drug-likeness (QED) is 0.246. The SMILES string of the molecule is CCOc1ccc(C(=O)N/N=C/c2cc(Br)c(OCc3ccc(F)cc3)c(OC)c2)cc1OCC. The van der Waals surface area contributed by atoms with E-state index in [4.69, 9.17) is 18.9 Å². The van der Waals surface area contributed by atoms with E-state index < -0.39 is 5.91 Å². The second kappa shape index (κ2) is 12.8. The van der Waals surface area contributed by atoms with Gasteiger partial charge in [0, 0.05) is 5.56 Å². The number of ether oxygens (including phenoxy) is 4. The van der Waals surface area contributed by atoms with E-state index in [1.54, 1.807) is 42.5 Å².